The summed E-state index contributed by atoms with van der Waals surface area (Å²) in [4.78, 5) is 0. The van der Waals surface area contributed by atoms with Crippen molar-refractivity contribution in [3.05, 3.63) is 69.9 Å². The summed E-state index contributed by atoms with van der Waals surface area (Å²) in [5.41, 5.74) is 11.0. The highest BCUT2D eigenvalue weighted by molar-refractivity contribution is 5.45. The Labute approximate surface area is 375 Å². The fourth-order valence-electron chi connectivity index (χ4n) is 19.2. The zero-order chi connectivity index (χ0) is 40.7. The molecule has 0 radical (unpaired) electrons. The molecule has 0 N–H and O–H groups in total. The van der Waals surface area contributed by atoms with Gasteiger partial charge in [-0.1, -0.05) is 153 Å². The highest BCUT2D eigenvalue weighted by Gasteiger charge is 2.50. The molecule has 0 aliphatic heterocycles. The molecule has 12 atom stereocenters. The molecule has 12 unspecified atom stereocenters. The Kier molecular flexibility index (Phi) is 13.2. The van der Waals surface area contributed by atoms with Gasteiger partial charge in [0.25, 0.3) is 0 Å². The van der Waals surface area contributed by atoms with Crippen LogP contribution in [0.15, 0.2) is 69.9 Å². The smallest absolute Gasteiger partial charge is 0.0131 e. The van der Waals surface area contributed by atoms with Gasteiger partial charge < -0.3 is 0 Å². The molecular formula is C61H90. The largest absolute Gasteiger partial charge is 0.0769 e. The molecule has 0 aromatic rings. The second-order valence-electron chi connectivity index (χ2n) is 24.3. The molecule has 0 amide bonds. The van der Waals surface area contributed by atoms with E-state index < -0.39 is 0 Å². The van der Waals surface area contributed by atoms with E-state index in [0.717, 1.165) is 88.8 Å². The summed E-state index contributed by atoms with van der Waals surface area (Å²) in [6.45, 7) is 2.61. The third-order valence-corrected chi connectivity index (χ3v) is 21.7. The van der Waals surface area contributed by atoms with Crippen LogP contribution in [-0.4, -0.2) is 0 Å². The lowest BCUT2D eigenvalue weighted by molar-refractivity contribution is 0.0380. The molecule has 0 spiro atoms. The van der Waals surface area contributed by atoms with Crippen molar-refractivity contribution in [2.75, 3.05) is 0 Å². The van der Waals surface area contributed by atoms with Crippen LogP contribution in [0.25, 0.3) is 0 Å². The van der Waals surface area contributed by atoms with Crippen LogP contribution in [-0.2, 0) is 0 Å². The van der Waals surface area contributed by atoms with Crippen molar-refractivity contribution >= 4 is 0 Å². The first-order valence-corrected chi connectivity index (χ1v) is 28.4. The Morgan fingerprint density at radius 1 is 0.279 bits per heavy atom. The van der Waals surface area contributed by atoms with Crippen molar-refractivity contribution < 1.29 is 0 Å². The number of allylic oxidation sites excluding steroid dienone is 12. The number of fused-ring (bicyclic) bond motifs is 15. The fourth-order valence-corrected chi connectivity index (χ4v) is 19.2. The van der Waals surface area contributed by atoms with E-state index in [4.69, 9.17) is 0 Å². The summed E-state index contributed by atoms with van der Waals surface area (Å²) in [6.07, 6.45) is 64.9. The summed E-state index contributed by atoms with van der Waals surface area (Å²) in [5, 5.41) is 0. The van der Waals surface area contributed by atoms with Crippen molar-refractivity contribution in [3.8, 4) is 0 Å². The van der Waals surface area contributed by atoms with Gasteiger partial charge >= 0.3 is 0 Å². The minimum Gasteiger partial charge on any atom is -0.0769 e. The summed E-state index contributed by atoms with van der Waals surface area (Å²) in [5.74, 6) is 15.0. The SMILES string of the molecule is C1=C2C(=CC1)C1CCCCC1C(C1CCCCC1)C1CCCCC21.C1=C2C(=CC1)C1CCCCC1CC1CCCCC21.CC1C2CCCCC2C2=CCC=C2C2CCCCC21. The van der Waals surface area contributed by atoms with E-state index in [1.165, 1.54) is 180 Å². The Morgan fingerprint density at radius 2 is 0.557 bits per heavy atom. The van der Waals surface area contributed by atoms with Gasteiger partial charge in [-0.2, -0.15) is 0 Å². The van der Waals surface area contributed by atoms with Crippen LogP contribution >= 0.6 is 0 Å². The van der Waals surface area contributed by atoms with E-state index in [1.54, 1.807) is 32.1 Å². The molecule has 0 heterocycles. The average molecular weight is 823 g/mol. The van der Waals surface area contributed by atoms with Gasteiger partial charge in [-0.05, 0) is 225 Å². The van der Waals surface area contributed by atoms with Crippen LogP contribution in [0.4, 0.5) is 0 Å². The Bertz CT molecular complexity index is 1600. The average Bonchev–Trinajstić information content (AvgIpc) is 4.10. The molecule has 61 heavy (non-hydrogen) atoms. The van der Waals surface area contributed by atoms with Crippen LogP contribution in [0.1, 0.15) is 219 Å². The second kappa shape index (κ2) is 19.1. The Morgan fingerprint density at radius 3 is 0.967 bits per heavy atom. The van der Waals surface area contributed by atoms with Crippen molar-refractivity contribution in [2.45, 2.75) is 219 Å². The molecule has 334 valence electrons. The molecule has 13 rings (SSSR count). The molecule has 0 aromatic carbocycles. The van der Waals surface area contributed by atoms with Gasteiger partial charge in [0.15, 0.2) is 0 Å². The zero-order valence-corrected chi connectivity index (χ0v) is 39.5. The first kappa shape index (κ1) is 42.1. The molecule has 0 nitrogen and oxygen atoms in total. The van der Waals surface area contributed by atoms with Crippen LogP contribution in [0.5, 0.6) is 0 Å². The highest BCUT2D eigenvalue weighted by atomic mass is 14.5. The maximum Gasteiger partial charge on any atom is -0.0131 e. The Hall–Kier alpha value is -1.56. The summed E-state index contributed by atoms with van der Waals surface area (Å²) < 4.78 is 0. The molecule has 0 aromatic heterocycles. The number of rotatable bonds is 1. The minimum absolute atomic E-state index is 0.933. The van der Waals surface area contributed by atoms with Gasteiger partial charge in [0.2, 0.25) is 0 Å². The van der Waals surface area contributed by atoms with Crippen molar-refractivity contribution in [3.63, 3.8) is 0 Å². The number of hydrogen-bond acceptors (Lipinski definition) is 0. The quantitative estimate of drug-likeness (QED) is 0.247. The van der Waals surface area contributed by atoms with Crippen LogP contribution in [0, 0.1) is 88.8 Å². The zero-order valence-electron chi connectivity index (χ0n) is 39.5. The van der Waals surface area contributed by atoms with E-state index in [9.17, 15) is 0 Å². The van der Waals surface area contributed by atoms with Gasteiger partial charge in [0.1, 0.15) is 0 Å². The predicted octanol–water partition coefficient (Wildman–Crippen LogP) is 17.8. The lowest BCUT2D eigenvalue weighted by Crippen LogP contribution is -2.38. The summed E-state index contributed by atoms with van der Waals surface area (Å²) >= 11 is 0. The predicted molar refractivity (Wildman–Crippen MR) is 259 cm³/mol. The van der Waals surface area contributed by atoms with E-state index in [-0.39, 0.29) is 0 Å². The number of hydrogen-bond donors (Lipinski definition) is 0. The molecule has 13 aliphatic rings. The van der Waals surface area contributed by atoms with Gasteiger partial charge in [-0.25, -0.2) is 0 Å². The summed E-state index contributed by atoms with van der Waals surface area (Å²) in [7, 11) is 0. The monoisotopic (exact) mass is 823 g/mol. The minimum atomic E-state index is 0.933. The van der Waals surface area contributed by atoms with Gasteiger partial charge in [-0.3, -0.25) is 0 Å². The van der Waals surface area contributed by atoms with E-state index in [0.29, 0.717) is 0 Å². The van der Waals surface area contributed by atoms with Crippen molar-refractivity contribution in [1.82, 2.24) is 0 Å². The van der Waals surface area contributed by atoms with Crippen LogP contribution < -0.4 is 0 Å². The molecule has 10 saturated carbocycles. The molecule has 10 fully saturated rings. The van der Waals surface area contributed by atoms with Crippen LogP contribution in [0.3, 0.4) is 0 Å². The fraction of sp³-hybridized carbons (Fsp3) is 0.803. The van der Waals surface area contributed by atoms with Gasteiger partial charge in [-0.15, -0.1) is 0 Å². The van der Waals surface area contributed by atoms with E-state index in [2.05, 4.69) is 43.4 Å². The second-order valence-corrected chi connectivity index (χ2v) is 24.3. The topological polar surface area (TPSA) is 0 Å². The third-order valence-electron chi connectivity index (χ3n) is 21.7. The van der Waals surface area contributed by atoms with Crippen LogP contribution in [0.2, 0.25) is 0 Å². The molecule has 13 aliphatic carbocycles. The Balaban J connectivity index is 0.000000105. The lowest BCUT2D eigenvalue weighted by atomic mass is 9.59. The van der Waals surface area contributed by atoms with E-state index in [1.807, 2.05) is 33.4 Å². The van der Waals surface area contributed by atoms with E-state index >= 15 is 0 Å². The van der Waals surface area contributed by atoms with Crippen molar-refractivity contribution in [2.24, 2.45) is 88.8 Å². The third kappa shape index (κ3) is 8.23. The lowest BCUT2D eigenvalue weighted by Gasteiger charge is -2.46. The van der Waals surface area contributed by atoms with Gasteiger partial charge in [0.05, 0.1) is 0 Å². The maximum atomic E-state index is 2.66. The molecular weight excluding hydrogens is 733 g/mol. The standard InChI is InChI=1S/C24H36.C19H28.C18H26/c1-2-9-17(10-3-1)24-22-13-6-4-11-20(22)18-15-8-16-19(18)21-12-5-7-14-23(21)24;1-13-14-7-2-4-9-16(14)18-11-6-12-19(18)17-10-5-3-8-15(13)17;1-3-8-15-13(6-1)12-14-7-2-4-9-16(14)18-11-5-10-17(15)18/h15-17,20-24H,1-14H2;11-17H,2-10H2,1H3;10-11,13-16H,1-9,12H2. The maximum absolute atomic E-state index is 2.66. The van der Waals surface area contributed by atoms with Crippen molar-refractivity contribution in [1.29, 1.82) is 0 Å². The first-order valence-electron chi connectivity index (χ1n) is 28.4. The normalized spacial score (nSPS) is 43.8. The molecule has 0 bridgehead atoms. The molecule has 0 saturated heterocycles. The van der Waals surface area contributed by atoms with Gasteiger partial charge in [0, 0.05) is 0 Å². The first-order chi connectivity index (χ1) is 30.2. The summed E-state index contributed by atoms with van der Waals surface area (Å²) in [6, 6.07) is 0. The highest BCUT2D eigenvalue weighted by Crippen LogP contribution is 2.60. The molecule has 0 heteroatoms.